The summed E-state index contributed by atoms with van der Waals surface area (Å²) in [4.78, 5) is 37.5. The van der Waals surface area contributed by atoms with Crippen LogP contribution in [0.5, 0.6) is 11.5 Å². The molecule has 0 spiro atoms. The lowest BCUT2D eigenvalue weighted by Crippen LogP contribution is -2.16. The highest BCUT2D eigenvalue weighted by molar-refractivity contribution is 6.09. The number of nitrogens with one attached hydrogen (secondary N) is 1. The molecule has 0 fully saturated rings. The number of benzene rings is 1. The van der Waals surface area contributed by atoms with Gasteiger partial charge in [0.2, 0.25) is 0 Å². The summed E-state index contributed by atoms with van der Waals surface area (Å²) in [7, 11) is 0. The van der Waals surface area contributed by atoms with Crippen LogP contribution in [0.3, 0.4) is 0 Å². The quantitative estimate of drug-likeness (QED) is 0.525. The summed E-state index contributed by atoms with van der Waals surface area (Å²) in [6.07, 6.45) is 1.23. The predicted molar refractivity (Wildman–Crippen MR) is 75.9 cm³/mol. The van der Waals surface area contributed by atoms with Crippen LogP contribution in [0.25, 0.3) is 0 Å². The monoisotopic (exact) mass is 318 g/mol. The van der Waals surface area contributed by atoms with Crippen LogP contribution in [0.2, 0.25) is 0 Å². The van der Waals surface area contributed by atoms with Crippen molar-refractivity contribution in [2.45, 2.75) is 0 Å². The molecule has 9 nitrogen and oxygen atoms in total. The molecule has 1 amide bonds. The minimum Gasteiger partial charge on any atom is -0.507 e. The highest BCUT2D eigenvalue weighted by Crippen LogP contribution is 2.28. The number of carboxylic acids is 2. The normalized spacial score (nSPS) is 10.1. The number of aromatic hydroxyl groups is 2. The molecule has 0 bridgehead atoms. The number of phenols is 2. The second-order valence-corrected chi connectivity index (χ2v) is 4.35. The number of carbonyl (C=O) groups is 3. The minimum atomic E-state index is -1.48. The first kappa shape index (κ1) is 15.8. The highest BCUT2D eigenvalue weighted by atomic mass is 16.4. The minimum absolute atomic E-state index is 0.119. The second kappa shape index (κ2) is 6.02. The summed E-state index contributed by atoms with van der Waals surface area (Å²) in [5, 5.41) is 39.3. The van der Waals surface area contributed by atoms with Gasteiger partial charge in [0.25, 0.3) is 5.91 Å². The van der Waals surface area contributed by atoms with Crippen molar-refractivity contribution in [2.75, 3.05) is 5.32 Å². The first-order chi connectivity index (χ1) is 10.8. The summed E-state index contributed by atoms with van der Waals surface area (Å²) in [5.41, 5.74) is -1.53. The number of aromatic nitrogens is 1. The Morgan fingerprint density at radius 1 is 0.957 bits per heavy atom. The van der Waals surface area contributed by atoms with Crippen LogP contribution in [-0.4, -0.2) is 43.3 Å². The zero-order valence-electron chi connectivity index (χ0n) is 11.3. The lowest BCUT2D eigenvalue weighted by molar-refractivity contribution is 0.0681. The van der Waals surface area contributed by atoms with E-state index in [-0.39, 0.29) is 5.69 Å². The molecule has 5 N–H and O–H groups in total. The SMILES string of the molecule is O=C(O)c1cc(O)c(C(=O)Nc2cccnc2C(=O)O)cc1O. The number of nitrogens with zero attached hydrogens (tertiary/aromatic N) is 1. The maximum absolute atomic E-state index is 12.1. The Kier molecular flexibility index (Phi) is 4.12. The molecule has 2 rings (SSSR count). The van der Waals surface area contributed by atoms with Gasteiger partial charge in [-0.15, -0.1) is 0 Å². The number of carboxylic acid groups (broad SMARTS) is 2. The Balaban J connectivity index is 2.38. The van der Waals surface area contributed by atoms with E-state index in [2.05, 4.69) is 10.3 Å². The van der Waals surface area contributed by atoms with Crippen molar-refractivity contribution in [3.05, 3.63) is 47.3 Å². The maximum Gasteiger partial charge on any atom is 0.356 e. The van der Waals surface area contributed by atoms with Gasteiger partial charge in [0.1, 0.15) is 17.1 Å². The van der Waals surface area contributed by atoms with Gasteiger partial charge in [0.05, 0.1) is 11.3 Å². The highest BCUT2D eigenvalue weighted by Gasteiger charge is 2.20. The lowest BCUT2D eigenvalue weighted by atomic mass is 10.1. The fraction of sp³-hybridized carbons (Fsp3) is 0. The van der Waals surface area contributed by atoms with Gasteiger partial charge in [-0.25, -0.2) is 14.6 Å². The zero-order chi connectivity index (χ0) is 17.1. The van der Waals surface area contributed by atoms with E-state index >= 15 is 0 Å². The number of rotatable bonds is 4. The molecule has 2 aromatic rings. The van der Waals surface area contributed by atoms with Crippen molar-refractivity contribution >= 4 is 23.5 Å². The zero-order valence-corrected chi connectivity index (χ0v) is 11.3. The van der Waals surface area contributed by atoms with Crippen LogP contribution in [0.4, 0.5) is 5.69 Å². The third-order valence-electron chi connectivity index (χ3n) is 2.85. The number of anilines is 1. The molecular formula is C14H10N2O7. The number of hydrogen-bond donors (Lipinski definition) is 5. The average Bonchev–Trinajstić information content (AvgIpc) is 2.49. The lowest BCUT2D eigenvalue weighted by Gasteiger charge is -2.10. The molecule has 0 saturated heterocycles. The second-order valence-electron chi connectivity index (χ2n) is 4.35. The van der Waals surface area contributed by atoms with E-state index in [1.165, 1.54) is 18.3 Å². The Bertz CT molecular complexity index is 817. The molecule has 9 heteroatoms. The summed E-state index contributed by atoms with van der Waals surface area (Å²) >= 11 is 0. The molecule has 0 saturated carbocycles. The third kappa shape index (κ3) is 3.18. The number of amides is 1. The van der Waals surface area contributed by atoms with Crippen molar-refractivity contribution in [3.63, 3.8) is 0 Å². The van der Waals surface area contributed by atoms with Gasteiger partial charge in [0, 0.05) is 6.20 Å². The van der Waals surface area contributed by atoms with Gasteiger partial charge in [-0.2, -0.15) is 0 Å². The average molecular weight is 318 g/mol. The molecule has 118 valence electrons. The molecule has 1 aromatic carbocycles. The number of carbonyl (C=O) groups excluding carboxylic acids is 1. The van der Waals surface area contributed by atoms with Gasteiger partial charge in [-0.1, -0.05) is 0 Å². The van der Waals surface area contributed by atoms with Gasteiger partial charge in [-0.05, 0) is 24.3 Å². The van der Waals surface area contributed by atoms with E-state index in [1.807, 2.05) is 0 Å². The van der Waals surface area contributed by atoms with Crippen LogP contribution in [0, 0.1) is 0 Å². The molecule has 0 aliphatic carbocycles. The molecule has 0 radical (unpaired) electrons. The molecular weight excluding hydrogens is 308 g/mol. The van der Waals surface area contributed by atoms with E-state index in [4.69, 9.17) is 10.2 Å². The van der Waals surface area contributed by atoms with Crippen LogP contribution < -0.4 is 5.32 Å². The van der Waals surface area contributed by atoms with Gasteiger partial charge < -0.3 is 25.7 Å². The number of phenolic OH excluding ortho intramolecular Hbond substituents is 1. The van der Waals surface area contributed by atoms with Gasteiger partial charge in [0.15, 0.2) is 5.69 Å². The fourth-order valence-corrected chi connectivity index (χ4v) is 1.80. The summed E-state index contributed by atoms with van der Waals surface area (Å²) in [5.74, 6) is -5.19. The van der Waals surface area contributed by atoms with Crippen LogP contribution in [0.1, 0.15) is 31.2 Å². The third-order valence-corrected chi connectivity index (χ3v) is 2.85. The van der Waals surface area contributed by atoms with Crippen molar-refractivity contribution < 1.29 is 34.8 Å². The van der Waals surface area contributed by atoms with Crippen LogP contribution in [-0.2, 0) is 0 Å². The first-order valence-electron chi connectivity index (χ1n) is 6.10. The molecule has 0 aliphatic rings. The number of pyridine rings is 1. The predicted octanol–water partition coefficient (Wildman–Crippen LogP) is 1.14. The van der Waals surface area contributed by atoms with Crippen molar-refractivity contribution in [1.82, 2.24) is 4.98 Å². The van der Waals surface area contributed by atoms with E-state index in [1.54, 1.807) is 0 Å². The molecule has 0 atom stereocenters. The van der Waals surface area contributed by atoms with Crippen molar-refractivity contribution in [3.8, 4) is 11.5 Å². The summed E-state index contributed by atoms with van der Waals surface area (Å²) in [6, 6.07) is 4.17. The maximum atomic E-state index is 12.1. The van der Waals surface area contributed by atoms with Gasteiger partial charge in [-0.3, -0.25) is 4.79 Å². The van der Waals surface area contributed by atoms with E-state index in [9.17, 15) is 24.6 Å². The largest absolute Gasteiger partial charge is 0.507 e. The standard InChI is InChI=1S/C14H10N2O7/c17-9-5-7(13(20)21)10(18)4-6(9)12(19)16-8-2-1-3-15-11(8)14(22)23/h1-5,17-18H,(H,16,19)(H,20,21)(H,22,23). The molecule has 1 aromatic heterocycles. The smallest absolute Gasteiger partial charge is 0.356 e. The topological polar surface area (TPSA) is 157 Å². The Morgan fingerprint density at radius 3 is 2.17 bits per heavy atom. The van der Waals surface area contributed by atoms with Crippen LogP contribution >= 0.6 is 0 Å². The first-order valence-corrected chi connectivity index (χ1v) is 6.10. The van der Waals surface area contributed by atoms with Crippen molar-refractivity contribution in [1.29, 1.82) is 0 Å². The molecule has 0 aliphatic heterocycles. The molecule has 23 heavy (non-hydrogen) atoms. The molecule has 1 heterocycles. The van der Waals surface area contributed by atoms with E-state index < -0.39 is 46.2 Å². The van der Waals surface area contributed by atoms with Crippen molar-refractivity contribution in [2.24, 2.45) is 0 Å². The molecule has 0 unspecified atom stereocenters. The van der Waals surface area contributed by atoms with E-state index in [0.717, 1.165) is 6.07 Å². The Morgan fingerprint density at radius 2 is 1.57 bits per heavy atom. The van der Waals surface area contributed by atoms with Gasteiger partial charge >= 0.3 is 11.9 Å². The van der Waals surface area contributed by atoms with E-state index in [0.29, 0.717) is 6.07 Å². The summed E-state index contributed by atoms with van der Waals surface area (Å²) in [6.45, 7) is 0. The Hall–Kier alpha value is -3.62. The Labute approximate surface area is 128 Å². The summed E-state index contributed by atoms with van der Waals surface area (Å²) < 4.78 is 0. The van der Waals surface area contributed by atoms with Crippen LogP contribution in [0.15, 0.2) is 30.5 Å². The fourth-order valence-electron chi connectivity index (χ4n) is 1.80. The number of aromatic carboxylic acids is 2. The number of hydrogen-bond acceptors (Lipinski definition) is 6.